The van der Waals surface area contributed by atoms with E-state index < -0.39 is 17.7 Å². The summed E-state index contributed by atoms with van der Waals surface area (Å²) in [6, 6.07) is 7.05. The summed E-state index contributed by atoms with van der Waals surface area (Å²) in [7, 11) is 0. The van der Waals surface area contributed by atoms with Gasteiger partial charge in [0.2, 0.25) is 0 Å². The fourth-order valence-corrected chi connectivity index (χ4v) is 5.25. The maximum absolute atomic E-state index is 13.7. The van der Waals surface area contributed by atoms with Crippen molar-refractivity contribution in [3.63, 3.8) is 0 Å². The zero-order chi connectivity index (χ0) is 29.1. The van der Waals surface area contributed by atoms with E-state index in [0.29, 0.717) is 29.6 Å². The van der Waals surface area contributed by atoms with Gasteiger partial charge in [-0.25, -0.2) is 9.78 Å². The number of aromatic nitrogens is 2. The van der Waals surface area contributed by atoms with E-state index in [4.69, 9.17) is 14.0 Å². The third kappa shape index (κ3) is 6.92. The summed E-state index contributed by atoms with van der Waals surface area (Å²) in [5, 5.41) is 13.5. The van der Waals surface area contributed by atoms with E-state index in [9.17, 15) is 23.1 Å². The molecule has 0 unspecified atom stereocenters. The summed E-state index contributed by atoms with van der Waals surface area (Å²) < 4.78 is 58.3. The zero-order valence-electron chi connectivity index (χ0n) is 23.0. The predicted molar refractivity (Wildman–Crippen MR) is 146 cm³/mol. The van der Waals surface area contributed by atoms with Gasteiger partial charge in [0.1, 0.15) is 17.2 Å². The SMILES string of the molecule is CC(C)Oc1cc(OCC2CCC(/C=C/c3c(-c4ccccc4C(F)(F)F)noc3C3CC3)CC2)cnc1C(=O)O. The quantitative estimate of drug-likeness (QED) is 0.264. The summed E-state index contributed by atoms with van der Waals surface area (Å²) in [5.41, 5.74) is 0.0411. The van der Waals surface area contributed by atoms with Crippen molar-refractivity contribution in [3.8, 4) is 22.8 Å². The van der Waals surface area contributed by atoms with Gasteiger partial charge in [-0.1, -0.05) is 35.5 Å². The molecule has 0 spiro atoms. The number of ether oxygens (including phenoxy) is 2. The number of benzene rings is 1. The van der Waals surface area contributed by atoms with Crippen molar-refractivity contribution in [1.82, 2.24) is 10.1 Å². The van der Waals surface area contributed by atoms with Gasteiger partial charge in [0.25, 0.3) is 0 Å². The molecule has 2 aliphatic carbocycles. The molecule has 0 atom stereocenters. The molecule has 5 rings (SSSR count). The van der Waals surface area contributed by atoms with Crippen LogP contribution in [0.25, 0.3) is 17.3 Å². The van der Waals surface area contributed by atoms with E-state index >= 15 is 0 Å². The van der Waals surface area contributed by atoms with E-state index in [0.717, 1.165) is 44.6 Å². The van der Waals surface area contributed by atoms with Crippen molar-refractivity contribution in [2.45, 2.75) is 70.6 Å². The third-order valence-corrected chi connectivity index (χ3v) is 7.50. The first kappa shape index (κ1) is 28.7. The average molecular weight is 571 g/mol. The van der Waals surface area contributed by atoms with Crippen molar-refractivity contribution in [3.05, 3.63) is 65.2 Å². The number of hydrogen-bond donors (Lipinski definition) is 1. The Morgan fingerprint density at radius 2 is 1.88 bits per heavy atom. The van der Waals surface area contributed by atoms with Crippen LogP contribution in [0.15, 0.2) is 47.1 Å². The lowest BCUT2D eigenvalue weighted by atomic mass is 9.82. The number of alkyl halides is 3. The van der Waals surface area contributed by atoms with Crippen LogP contribution in [0.2, 0.25) is 0 Å². The molecule has 2 fully saturated rings. The van der Waals surface area contributed by atoms with E-state index in [1.54, 1.807) is 12.1 Å². The molecular weight excluding hydrogens is 537 g/mol. The summed E-state index contributed by atoms with van der Waals surface area (Å²) in [6.45, 7) is 4.09. The highest BCUT2D eigenvalue weighted by molar-refractivity contribution is 5.88. The molecule has 7 nitrogen and oxygen atoms in total. The molecule has 3 aromatic rings. The monoisotopic (exact) mass is 570 g/mol. The molecule has 0 radical (unpaired) electrons. The van der Waals surface area contributed by atoms with Crippen molar-refractivity contribution < 1.29 is 37.1 Å². The van der Waals surface area contributed by atoms with Gasteiger partial charge in [-0.05, 0) is 70.3 Å². The first-order valence-electron chi connectivity index (χ1n) is 14.0. The molecule has 2 heterocycles. The highest BCUT2D eigenvalue weighted by Crippen LogP contribution is 2.46. The van der Waals surface area contributed by atoms with Crippen molar-refractivity contribution in [2.24, 2.45) is 11.8 Å². The molecule has 2 aliphatic rings. The number of allylic oxidation sites excluding steroid dienone is 1. The standard InChI is InChI=1S/C31H33F3N2O5/c1-18(2)40-26-15-22(16-35-28(26)30(37)38)39-17-20-9-7-19(8-10-20)11-14-24-27(36-41-29(24)21-12-13-21)23-5-3-4-6-25(23)31(32,33)34/h3-6,11,14-16,18-21H,7-10,12-13,17H2,1-2H3,(H,37,38)/b14-11+. The Morgan fingerprint density at radius 1 is 1.15 bits per heavy atom. The van der Waals surface area contributed by atoms with Crippen LogP contribution in [0.1, 0.15) is 85.7 Å². The van der Waals surface area contributed by atoms with Crippen LogP contribution in [-0.2, 0) is 6.18 Å². The molecular formula is C31H33F3N2O5. The molecule has 1 aromatic carbocycles. The molecule has 0 amide bonds. The van der Waals surface area contributed by atoms with E-state index in [-0.39, 0.29) is 40.6 Å². The number of carboxylic acids is 1. The molecule has 41 heavy (non-hydrogen) atoms. The second kappa shape index (κ2) is 12.0. The molecule has 0 saturated heterocycles. The van der Waals surface area contributed by atoms with E-state index in [1.807, 2.05) is 19.9 Å². The van der Waals surface area contributed by atoms with Crippen LogP contribution in [-0.4, -0.2) is 33.9 Å². The van der Waals surface area contributed by atoms with Gasteiger partial charge in [-0.3, -0.25) is 0 Å². The summed E-state index contributed by atoms with van der Waals surface area (Å²) in [6.07, 6.45) is 6.26. The fraction of sp³-hybridized carbons (Fsp3) is 0.452. The third-order valence-electron chi connectivity index (χ3n) is 7.50. The molecule has 2 aromatic heterocycles. The first-order chi connectivity index (χ1) is 19.6. The normalized spacial score (nSPS) is 19.6. The number of halogens is 3. The van der Waals surface area contributed by atoms with Crippen molar-refractivity contribution >= 4 is 12.0 Å². The molecule has 0 bridgehead atoms. The lowest BCUT2D eigenvalue weighted by Crippen LogP contribution is -2.19. The van der Waals surface area contributed by atoms with Crippen LogP contribution >= 0.6 is 0 Å². The predicted octanol–water partition coefficient (Wildman–Crippen LogP) is 8.02. The molecule has 218 valence electrons. The maximum atomic E-state index is 13.7. The highest BCUT2D eigenvalue weighted by atomic mass is 19.4. The lowest BCUT2D eigenvalue weighted by Gasteiger charge is -2.26. The first-order valence-corrected chi connectivity index (χ1v) is 14.0. The minimum Gasteiger partial charge on any atom is -0.492 e. The van der Waals surface area contributed by atoms with Crippen LogP contribution < -0.4 is 9.47 Å². The average Bonchev–Trinajstić information content (AvgIpc) is 3.69. The van der Waals surface area contributed by atoms with Gasteiger partial charge in [0.15, 0.2) is 11.4 Å². The second-order valence-corrected chi connectivity index (χ2v) is 11.1. The van der Waals surface area contributed by atoms with Crippen molar-refractivity contribution in [1.29, 1.82) is 0 Å². The number of rotatable bonds is 10. The molecule has 2 saturated carbocycles. The number of hydrogen-bond acceptors (Lipinski definition) is 6. The molecule has 10 heteroatoms. The van der Waals surface area contributed by atoms with Crippen LogP contribution in [0.3, 0.4) is 0 Å². The Hall–Kier alpha value is -3.82. The van der Waals surface area contributed by atoms with E-state index in [2.05, 4.69) is 16.2 Å². The fourth-order valence-electron chi connectivity index (χ4n) is 5.25. The Bertz CT molecular complexity index is 1400. The zero-order valence-corrected chi connectivity index (χ0v) is 23.0. The Labute approximate surface area is 236 Å². The van der Waals surface area contributed by atoms with Crippen LogP contribution in [0.5, 0.6) is 11.5 Å². The van der Waals surface area contributed by atoms with Gasteiger partial charge >= 0.3 is 12.1 Å². The number of aromatic carboxylic acids is 1. The van der Waals surface area contributed by atoms with E-state index in [1.165, 1.54) is 18.3 Å². The Balaban J connectivity index is 1.23. The minimum absolute atomic E-state index is 0.0315. The largest absolute Gasteiger partial charge is 0.492 e. The smallest absolute Gasteiger partial charge is 0.417 e. The molecule has 0 aliphatic heterocycles. The van der Waals surface area contributed by atoms with Gasteiger partial charge in [-0.2, -0.15) is 13.2 Å². The summed E-state index contributed by atoms with van der Waals surface area (Å²) in [5.74, 6) is 0.938. The Morgan fingerprint density at radius 3 is 2.54 bits per heavy atom. The Kier molecular flexibility index (Phi) is 8.37. The van der Waals surface area contributed by atoms with Crippen LogP contribution in [0.4, 0.5) is 13.2 Å². The number of carboxylic acid groups (broad SMARTS) is 1. The van der Waals surface area contributed by atoms with Gasteiger partial charge in [0.05, 0.1) is 24.5 Å². The summed E-state index contributed by atoms with van der Waals surface area (Å²) >= 11 is 0. The second-order valence-electron chi connectivity index (χ2n) is 11.1. The van der Waals surface area contributed by atoms with Crippen molar-refractivity contribution in [2.75, 3.05) is 6.61 Å². The number of pyridine rings is 1. The maximum Gasteiger partial charge on any atom is 0.417 e. The summed E-state index contributed by atoms with van der Waals surface area (Å²) in [4.78, 5) is 15.4. The minimum atomic E-state index is -4.49. The lowest BCUT2D eigenvalue weighted by molar-refractivity contribution is -0.137. The number of carbonyl (C=O) groups is 1. The topological polar surface area (TPSA) is 94.7 Å². The van der Waals surface area contributed by atoms with Gasteiger partial charge in [0, 0.05) is 23.1 Å². The number of nitrogens with zero attached hydrogens (tertiary/aromatic N) is 2. The van der Waals surface area contributed by atoms with Gasteiger partial charge < -0.3 is 19.1 Å². The highest BCUT2D eigenvalue weighted by Gasteiger charge is 2.37. The molecule has 1 N–H and O–H groups in total. The van der Waals surface area contributed by atoms with Crippen LogP contribution in [0, 0.1) is 11.8 Å². The van der Waals surface area contributed by atoms with Gasteiger partial charge in [-0.15, -0.1) is 0 Å².